The molecule has 6 nitrogen and oxygen atoms in total. The predicted octanol–water partition coefficient (Wildman–Crippen LogP) is 4.77. The number of amides is 1. The summed E-state index contributed by atoms with van der Waals surface area (Å²) in [7, 11) is 0. The molecule has 2 aliphatic heterocycles. The topological polar surface area (TPSA) is 62.6 Å². The number of halogens is 1. The van der Waals surface area contributed by atoms with Crippen LogP contribution in [0.1, 0.15) is 37.8 Å². The van der Waals surface area contributed by atoms with Crippen molar-refractivity contribution in [1.29, 1.82) is 5.26 Å². The lowest BCUT2D eigenvalue weighted by Gasteiger charge is -2.37. The number of likely N-dealkylation sites (tertiary alicyclic amines) is 1. The number of rotatable bonds is 6. The highest BCUT2D eigenvalue weighted by Gasteiger charge is 2.24. The monoisotopic (exact) mass is 481 g/mol. The minimum absolute atomic E-state index is 0. The van der Waals surface area contributed by atoms with Gasteiger partial charge in [0.1, 0.15) is 6.07 Å². The first-order valence-electron chi connectivity index (χ1n) is 11.8. The van der Waals surface area contributed by atoms with Crippen molar-refractivity contribution >= 4 is 28.9 Å². The van der Waals surface area contributed by atoms with Gasteiger partial charge in [-0.3, -0.25) is 9.69 Å². The number of hydrogen-bond acceptors (Lipinski definition) is 5. The van der Waals surface area contributed by atoms with E-state index in [1.165, 1.54) is 11.3 Å². The maximum Gasteiger partial charge on any atom is 0.223 e. The van der Waals surface area contributed by atoms with Crippen LogP contribution in [-0.4, -0.2) is 67.6 Å². The number of carbonyl (C=O) groups excluding carboxylic acids is 1. The largest absolute Gasteiger partial charge is 0.382 e. The Labute approximate surface area is 209 Å². The Morgan fingerprint density at radius 3 is 2.35 bits per heavy atom. The van der Waals surface area contributed by atoms with Crippen molar-refractivity contribution in [3.63, 3.8) is 0 Å². The Hall–Kier alpha value is -2.75. The highest BCUT2D eigenvalue weighted by Crippen LogP contribution is 2.23. The van der Waals surface area contributed by atoms with Gasteiger partial charge in [0.05, 0.1) is 10.6 Å². The molecule has 1 N–H and O–H groups in total. The second-order valence-electron chi connectivity index (χ2n) is 9.02. The molecule has 2 aromatic carbocycles. The van der Waals surface area contributed by atoms with Crippen molar-refractivity contribution in [2.24, 2.45) is 0 Å². The van der Waals surface area contributed by atoms with E-state index in [-0.39, 0.29) is 13.3 Å². The molecule has 0 spiro atoms. The fourth-order valence-corrected chi connectivity index (χ4v) is 4.82. The predicted molar refractivity (Wildman–Crippen MR) is 141 cm³/mol. The first-order chi connectivity index (χ1) is 16.0. The quantitative estimate of drug-likeness (QED) is 0.643. The SMILES string of the molecule is C.Cc1ccc(N2CCN(CCC(=O)N3CCC(Nc4ccc(C#N)c(Cl)c4)CC3)CC2)cc1. The van der Waals surface area contributed by atoms with Gasteiger partial charge < -0.3 is 15.1 Å². The number of nitrogens with one attached hydrogen (secondary N) is 1. The highest BCUT2D eigenvalue weighted by atomic mass is 35.5. The minimum atomic E-state index is 0. The molecule has 2 aromatic rings. The smallest absolute Gasteiger partial charge is 0.223 e. The zero-order chi connectivity index (χ0) is 23.2. The van der Waals surface area contributed by atoms with Crippen molar-refractivity contribution in [3.8, 4) is 6.07 Å². The van der Waals surface area contributed by atoms with Crippen LogP contribution >= 0.6 is 11.6 Å². The van der Waals surface area contributed by atoms with E-state index >= 15 is 0 Å². The maximum atomic E-state index is 12.8. The molecule has 7 heteroatoms. The van der Waals surface area contributed by atoms with Crippen LogP contribution in [0.3, 0.4) is 0 Å². The van der Waals surface area contributed by atoms with Crippen LogP contribution in [0.4, 0.5) is 11.4 Å². The first kappa shape index (κ1) is 25.9. The number of piperazine rings is 1. The van der Waals surface area contributed by atoms with E-state index in [0.29, 0.717) is 23.0 Å². The number of benzene rings is 2. The molecule has 34 heavy (non-hydrogen) atoms. The third kappa shape index (κ3) is 6.65. The average molecular weight is 482 g/mol. The van der Waals surface area contributed by atoms with E-state index in [1.807, 2.05) is 11.0 Å². The summed E-state index contributed by atoms with van der Waals surface area (Å²) in [5.41, 5.74) is 3.98. The molecule has 2 heterocycles. The van der Waals surface area contributed by atoms with Crippen LogP contribution in [0.5, 0.6) is 0 Å². The van der Waals surface area contributed by atoms with Gasteiger partial charge in [-0.15, -0.1) is 0 Å². The standard InChI is InChI=1S/C26H32ClN5O.CH4/c1-20-2-6-24(7-3-20)31-16-14-30(15-17-31)11-10-26(33)32-12-8-22(9-13-32)29-23-5-4-21(19-28)25(27)18-23;/h2-7,18,22,29H,8-17H2,1H3;1H4. The molecule has 2 aliphatic rings. The normalized spacial score (nSPS) is 17.1. The molecule has 2 saturated heterocycles. The number of piperidine rings is 1. The summed E-state index contributed by atoms with van der Waals surface area (Å²) in [4.78, 5) is 19.6. The third-order valence-electron chi connectivity index (χ3n) is 6.72. The minimum Gasteiger partial charge on any atom is -0.382 e. The van der Waals surface area contributed by atoms with E-state index < -0.39 is 0 Å². The summed E-state index contributed by atoms with van der Waals surface area (Å²) in [6, 6.07) is 16.6. The van der Waals surface area contributed by atoms with Crippen LogP contribution in [0, 0.1) is 18.3 Å². The van der Waals surface area contributed by atoms with Crippen molar-refractivity contribution in [2.45, 2.75) is 39.7 Å². The number of anilines is 2. The summed E-state index contributed by atoms with van der Waals surface area (Å²) in [5.74, 6) is 0.260. The highest BCUT2D eigenvalue weighted by molar-refractivity contribution is 6.32. The van der Waals surface area contributed by atoms with Crippen LogP contribution < -0.4 is 10.2 Å². The summed E-state index contributed by atoms with van der Waals surface area (Å²) < 4.78 is 0. The lowest BCUT2D eigenvalue weighted by molar-refractivity contribution is -0.132. The molecule has 0 radical (unpaired) electrons. The van der Waals surface area contributed by atoms with Gasteiger partial charge >= 0.3 is 0 Å². The summed E-state index contributed by atoms with van der Waals surface area (Å²) in [5, 5.41) is 13.0. The zero-order valence-corrected chi connectivity index (χ0v) is 20.0. The Bertz CT molecular complexity index is 987. The zero-order valence-electron chi connectivity index (χ0n) is 19.3. The van der Waals surface area contributed by atoms with Crippen molar-refractivity contribution in [3.05, 3.63) is 58.6 Å². The van der Waals surface area contributed by atoms with E-state index in [0.717, 1.165) is 64.3 Å². The Balaban J connectivity index is 0.00000324. The number of hydrogen-bond donors (Lipinski definition) is 1. The van der Waals surface area contributed by atoms with E-state index in [9.17, 15) is 4.79 Å². The third-order valence-corrected chi connectivity index (χ3v) is 7.03. The van der Waals surface area contributed by atoms with Gasteiger partial charge in [0.15, 0.2) is 0 Å². The van der Waals surface area contributed by atoms with Gasteiger partial charge in [-0.05, 0) is 50.1 Å². The van der Waals surface area contributed by atoms with Crippen LogP contribution in [0.15, 0.2) is 42.5 Å². The molecular weight excluding hydrogens is 446 g/mol. The molecule has 4 rings (SSSR count). The fraction of sp³-hybridized carbons (Fsp3) is 0.481. The summed E-state index contributed by atoms with van der Waals surface area (Å²) >= 11 is 6.13. The molecule has 182 valence electrons. The molecule has 0 aliphatic carbocycles. The summed E-state index contributed by atoms with van der Waals surface area (Å²) in [6.07, 6.45) is 2.42. The lowest BCUT2D eigenvalue weighted by atomic mass is 10.0. The average Bonchev–Trinajstić information content (AvgIpc) is 2.84. The molecule has 2 fully saturated rings. The molecular formula is C27H36ClN5O. The first-order valence-corrected chi connectivity index (χ1v) is 12.2. The fourth-order valence-electron chi connectivity index (χ4n) is 4.60. The number of nitriles is 1. The van der Waals surface area contributed by atoms with Crippen molar-refractivity contribution in [1.82, 2.24) is 9.80 Å². The van der Waals surface area contributed by atoms with Gasteiger partial charge in [-0.25, -0.2) is 0 Å². The van der Waals surface area contributed by atoms with Gasteiger partial charge in [0.25, 0.3) is 0 Å². The van der Waals surface area contributed by atoms with Crippen molar-refractivity contribution in [2.75, 3.05) is 56.0 Å². The second kappa shape index (κ2) is 12.1. The molecule has 1 amide bonds. The van der Waals surface area contributed by atoms with Crippen LogP contribution in [-0.2, 0) is 4.79 Å². The molecule has 0 aromatic heterocycles. The van der Waals surface area contributed by atoms with Gasteiger partial charge in [0, 0.05) is 69.7 Å². The van der Waals surface area contributed by atoms with Gasteiger partial charge in [-0.2, -0.15) is 5.26 Å². The van der Waals surface area contributed by atoms with Crippen LogP contribution in [0.2, 0.25) is 5.02 Å². The number of carbonyl (C=O) groups is 1. The summed E-state index contributed by atoms with van der Waals surface area (Å²) in [6.45, 7) is 8.52. The lowest BCUT2D eigenvalue weighted by Crippen LogP contribution is -2.48. The van der Waals surface area contributed by atoms with Gasteiger partial charge in [0.2, 0.25) is 5.91 Å². The maximum absolute atomic E-state index is 12.8. The van der Waals surface area contributed by atoms with Gasteiger partial charge in [-0.1, -0.05) is 36.7 Å². The van der Waals surface area contributed by atoms with E-state index in [1.54, 1.807) is 12.1 Å². The Morgan fingerprint density at radius 2 is 1.74 bits per heavy atom. The van der Waals surface area contributed by atoms with Crippen LogP contribution in [0.25, 0.3) is 0 Å². The molecule has 0 unspecified atom stereocenters. The Morgan fingerprint density at radius 1 is 1.06 bits per heavy atom. The Kier molecular flexibility index (Phi) is 9.20. The molecule has 0 saturated carbocycles. The molecule has 0 bridgehead atoms. The second-order valence-corrected chi connectivity index (χ2v) is 9.43. The van der Waals surface area contributed by atoms with Crippen molar-refractivity contribution < 1.29 is 4.79 Å². The molecule has 0 atom stereocenters. The van der Waals surface area contributed by atoms with E-state index in [4.69, 9.17) is 16.9 Å². The number of nitrogens with zero attached hydrogens (tertiary/aromatic N) is 4. The number of aryl methyl sites for hydroxylation is 1. The van der Waals surface area contributed by atoms with E-state index in [2.05, 4.69) is 52.4 Å².